The third-order valence-electron chi connectivity index (χ3n) is 5.78. The first-order valence-corrected chi connectivity index (χ1v) is 9.65. The number of hydrogen-bond acceptors (Lipinski definition) is 2. The molecule has 2 fully saturated rings. The Kier molecular flexibility index (Phi) is 4.36. The molecule has 0 radical (unpaired) electrons. The van der Waals surface area contributed by atoms with E-state index in [2.05, 4.69) is 63.2 Å². The lowest BCUT2D eigenvalue weighted by atomic mass is 9.71. The van der Waals surface area contributed by atoms with Gasteiger partial charge >= 0.3 is 0 Å². The lowest BCUT2D eigenvalue weighted by Crippen LogP contribution is -2.69. The quantitative estimate of drug-likeness (QED) is 0.564. The molecular formula is C23H27NO2. The average molecular weight is 349 g/mol. The molecule has 136 valence electrons. The molecule has 3 heteroatoms. The van der Waals surface area contributed by atoms with Crippen molar-refractivity contribution >= 4 is 11.6 Å². The van der Waals surface area contributed by atoms with Gasteiger partial charge in [-0.1, -0.05) is 61.9 Å². The second-order valence-electron chi connectivity index (χ2n) is 8.06. The molecule has 3 atom stereocenters. The van der Waals surface area contributed by atoms with Crippen molar-refractivity contribution < 1.29 is 9.53 Å². The maximum absolute atomic E-state index is 13.0. The van der Waals surface area contributed by atoms with Crippen LogP contribution in [0.2, 0.25) is 0 Å². The summed E-state index contributed by atoms with van der Waals surface area (Å²) in [5.41, 5.74) is 3.14. The van der Waals surface area contributed by atoms with Gasteiger partial charge in [0.15, 0.2) is 0 Å². The number of nitrogens with zero attached hydrogens (tertiary/aromatic N) is 1. The average Bonchev–Trinajstić information content (AvgIpc) is 3.39. The van der Waals surface area contributed by atoms with Gasteiger partial charge in [-0.25, -0.2) is 0 Å². The molecule has 2 aliphatic heterocycles. The van der Waals surface area contributed by atoms with E-state index in [9.17, 15) is 4.79 Å². The summed E-state index contributed by atoms with van der Waals surface area (Å²) in [5, 5.41) is 0. The van der Waals surface area contributed by atoms with Crippen LogP contribution in [0, 0.1) is 5.41 Å². The van der Waals surface area contributed by atoms with Gasteiger partial charge in [0, 0.05) is 5.69 Å². The Labute approximate surface area is 156 Å². The number of epoxide rings is 1. The number of β-lactam (4-membered cyclic amide) rings is 1. The van der Waals surface area contributed by atoms with Gasteiger partial charge in [-0.15, -0.1) is 0 Å². The molecule has 2 aliphatic rings. The van der Waals surface area contributed by atoms with E-state index < -0.39 is 0 Å². The molecule has 26 heavy (non-hydrogen) atoms. The molecular weight excluding hydrogens is 322 g/mol. The highest BCUT2D eigenvalue weighted by molar-refractivity contribution is 6.06. The number of anilines is 1. The number of para-hydroxylation sites is 1. The first-order valence-electron chi connectivity index (χ1n) is 9.65. The van der Waals surface area contributed by atoms with Gasteiger partial charge in [0.1, 0.15) is 6.10 Å². The zero-order valence-electron chi connectivity index (χ0n) is 15.8. The molecule has 0 aliphatic carbocycles. The highest BCUT2D eigenvalue weighted by Crippen LogP contribution is 2.50. The summed E-state index contributed by atoms with van der Waals surface area (Å²) in [6.45, 7) is 6.30. The van der Waals surface area contributed by atoms with Gasteiger partial charge in [-0.3, -0.25) is 4.79 Å². The van der Waals surface area contributed by atoms with Crippen LogP contribution in [0.15, 0.2) is 54.6 Å². The lowest BCUT2D eigenvalue weighted by molar-refractivity contribution is -0.137. The number of ether oxygens (including phenoxy) is 1. The molecule has 0 spiro atoms. The molecule has 0 unspecified atom stereocenters. The largest absolute Gasteiger partial charge is 0.367 e. The fourth-order valence-electron chi connectivity index (χ4n) is 4.30. The van der Waals surface area contributed by atoms with Crippen LogP contribution < -0.4 is 4.90 Å². The number of hydrogen-bond donors (Lipinski definition) is 0. The number of benzene rings is 2. The molecule has 4 rings (SSSR count). The van der Waals surface area contributed by atoms with Gasteiger partial charge in [-0.05, 0) is 43.9 Å². The van der Waals surface area contributed by atoms with Crippen LogP contribution in [0.1, 0.15) is 44.7 Å². The number of rotatable bonds is 6. The number of carbonyl (C=O) groups excluding carboxylic acids is 1. The molecule has 0 N–H and O–H groups in total. The predicted octanol–water partition coefficient (Wildman–Crippen LogP) is 4.59. The summed E-state index contributed by atoms with van der Waals surface area (Å²) < 4.78 is 5.96. The molecule has 2 heterocycles. The van der Waals surface area contributed by atoms with Crippen molar-refractivity contribution in [2.45, 2.75) is 58.3 Å². The normalized spacial score (nSPS) is 26.5. The Balaban J connectivity index is 1.63. The number of amides is 1. The molecule has 0 saturated carbocycles. The molecule has 0 aromatic heterocycles. The van der Waals surface area contributed by atoms with E-state index in [1.807, 2.05) is 17.0 Å². The third-order valence-corrected chi connectivity index (χ3v) is 5.78. The molecule has 1 amide bonds. The third kappa shape index (κ3) is 2.84. The van der Waals surface area contributed by atoms with Crippen LogP contribution >= 0.6 is 0 Å². The van der Waals surface area contributed by atoms with Crippen molar-refractivity contribution in [3.8, 4) is 0 Å². The second-order valence-corrected chi connectivity index (χ2v) is 8.06. The second kappa shape index (κ2) is 6.55. The van der Waals surface area contributed by atoms with Crippen molar-refractivity contribution in [3.63, 3.8) is 0 Å². The molecule has 0 bridgehead atoms. The van der Waals surface area contributed by atoms with Crippen LogP contribution in [-0.4, -0.2) is 24.2 Å². The summed E-state index contributed by atoms with van der Waals surface area (Å²) in [6.07, 6.45) is 3.50. The van der Waals surface area contributed by atoms with Crippen molar-refractivity contribution in [1.29, 1.82) is 0 Å². The highest BCUT2D eigenvalue weighted by Gasteiger charge is 2.64. The van der Waals surface area contributed by atoms with Crippen LogP contribution in [0.4, 0.5) is 5.69 Å². The summed E-state index contributed by atoms with van der Waals surface area (Å²) in [6, 6.07) is 18.8. The smallest absolute Gasteiger partial charge is 0.235 e. The highest BCUT2D eigenvalue weighted by atomic mass is 16.6. The Hall–Kier alpha value is -2.13. The van der Waals surface area contributed by atoms with Gasteiger partial charge < -0.3 is 9.64 Å². The van der Waals surface area contributed by atoms with Crippen molar-refractivity contribution in [2.24, 2.45) is 5.41 Å². The van der Waals surface area contributed by atoms with E-state index in [1.165, 1.54) is 11.1 Å². The van der Waals surface area contributed by atoms with Crippen LogP contribution in [0.5, 0.6) is 0 Å². The van der Waals surface area contributed by atoms with E-state index in [4.69, 9.17) is 4.74 Å². The molecule has 2 aromatic rings. The maximum Gasteiger partial charge on any atom is 0.235 e. The standard InChI is InChI=1S/C23H27NO2/c1-4-10-19-20(26-19)21-23(2,3)22(25)24(21)18-14-9-8-13-17(18)15-16-11-6-5-7-12-16/h5-9,11-14,19-21H,4,10,15H2,1-3H3/t19-,20+,21-/m0/s1. The first kappa shape index (κ1) is 17.3. The fraction of sp³-hybridized carbons (Fsp3) is 0.435. The van der Waals surface area contributed by atoms with Crippen LogP contribution in [-0.2, 0) is 16.0 Å². The maximum atomic E-state index is 13.0. The van der Waals surface area contributed by atoms with Gasteiger partial charge in [0.05, 0.1) is 17.6 Å². The van der Waals surface area contributed by atoms with E-state index in [1.54, 1.807) is 0 Å². The molecule has 3 nitrogen and oxygen atoms in total. The minimum atomic E-state index is -0.354. The van der Waals surface area contributed by atoms with E-state index >= 15 is 0 Å². The first-order chi connectivity index (χ1) is 12.5. The summed E-state index contributed by atoms with van der Waals surface area (Å²) in [5.74, 6) is 0.203. The van der Waals surface area contributed by atoms with Crippen molar-refractivity contribution in [3.05, 3.63) is 65.7 Å². The van der Waals surface area contributed by atoms with Gasteiger partial charge in [0.2, 0.25) is 5.91 Å². The van der Waals surface area contributed by atoms with E-state index in [0.29, 0.717) is 6.10 Å². The van der Waals surface area contributed by atoms with E-state index in [-0.39, 0.29) is 23.5 Å². The zero-order chi connectivity index (χ0) is 18.3. The summed E-state index contributed by atoms with van der Waals surface area (Å²) in [7, 11) is 0. The minimum Gasteiger partial charge on any atom is -0.367 e. The Morgan fingerprint density at radius 3 is 2.46 bits per heavy atom. The topological polar surface area (TPSA) is 32.8 Å². The zero-order valence-corrected chi connectivity index (χ0v) is 15.8. The van der Waals surface area contributed by atoms with Crippen molar-refractivity contribution in [1.82, 2.24) is 0 Å². The monoisotopic (exact) mass is 349 g/mol. The number of carbonyl (C=O) groups is 1. The Bertz CT molecular complexity index is 799. The van der Waals surface area contributed by atoms with Gasteiger partial charge in [-0.2, -0.15) is 0 Å². The van der Waals surface area contributed by atoms with Gasteiger partial charge in [0.25, 0.3) is 0 Å². The SMILES string of the molecule is CCC[C@@H]1O[C@H]1[C@@H]1N(c2ccccc2Cc2ccccc2)C(=O)C1(C)C. The lowest BCUT2D eigenvalue weighted by Gasteiger charge is -2.53. The molecule has 2 saturated heterocycles. The predicted molar refractivity (Wildman–Crippen MR) is 104 cm³/mol. The summed E-state index contributed by atoms with van der Waals surface area (Å²) >= 11 is 0. The summed E-state index contributed by atoms with van der Waals surface area (Å²) in [4.78, 5) is 15.0. The fourth-order valence-corrected chi connectivity index (χ4v) is 4.30. The molecule has 2 aromatic carbocycles. The van der Waals surface area contributed by atoms with Crippen LogP contribution in [0.3, 0.4) is 0 Å². The van der Waals surface area contributed by atoms with E-state index in [0.717, 1.165) is 24.9 Å². The Morgan fingerprint density at radius 2 is 1.73 bits per heavy atom. The van der Waals surface area contributed by atoms with Crippen LogP contribution in [0.25, 0.3) is 0 Å². The Morgan fingerprint density at radius 1 is 1.04 bits per heavy atom. The van der Waals surface area contributed by atoms with Crippen molar-refractivity contribution in [2.75, 3.05) is 4.90 Å². The minimum absolute atomic E-state index is 0.128.